The summed E-state index contributed by atoms with van der Waals surface area (Å²) in [4.78, 5) is 20.7. The maximum absolute atomic E-state index is 12.3. The molecule has 1 aromatic carbocycles. The van der Waals surface area contributed by atoms with Gasteiger partial charge in [-0.15, -0.1) is 13.2 Å². The third kappa shape index (κ3) is 3.61. The maximum atomic E-state index is 12.3. The molecule has 3 aromatic heterocycles. The van der Waals surface area contributed by atoms with E-state index in [1.807, 2.05) is 0 Å². The molecule has 0 saturated heterocycles. The van der Waals surface area contributed by atoms with Gasteiger partial charge in [-0.1, -0.05) is 0 Å². The van der Waals surface area contributed by atoms with Crippen molar-refractivity contribution < 1.29 is 26.7 Å². The van der Waals surface area contributed by atoms with Gasteiger partial charge in [0.1, 0.15) is 12.0 Å². The van der Waals surface area contributed by atoms with Crippen LogP contribution in [0.25, 0.3) is 22.5 Å². The van der Waals surface area contributed by atoms with E-state index in [1.165, 1.54) is 35.1 Å². The van der Waals surface area contributed by atoms with Crippen LogP contribution in [0.2, 0.25) is 0 Å². The molecule has 0 bridgehead atoms. The predicted octanol–water partition coefficient (Wildman–Crippen LogP) is 3.90. The highest BCUT2D eigenvalue weighted by molar-refractivity contribution is 5.73. The molecule has 4 aromatic rings. The van der Waals surface area contributed by atoms with E-state index in [-0.39, 0.29) is 17.9 Å². The lowest BCUT2D eigenvalue weighted by Crippen LogP contribution is -2.17. The fourth-order valence-corrected chi connectivity index (χ4v) is 2.71. The van der Waals surface area contributed by atoms with Crippen LogP contribution >= 0.6 is 0 Å². The minimum absolute atomic E-state index is 0.109. The Labute approximate surface area is 155 Å². The zero-order chi connectivity index (χ0) is 19.9. The number of halogens is 3. The molecule has 0 radical (unpaired) electrons. The summed E-state index contributed by atoms with van der Waals surface area (Å²) in [6, 6.07) is 8.45. The van der Waals surface area contributed by atoms with Gasteiger partial charge in [0.2, 0.25) is 0 Å². The molecule has 0 fully saturated rings. The third-order valence-electron chi connectivity index (χ3n) is 3.88. The lowest BCUT2D eigenvalue weighted by atomic mass is 10.1. The number of aryl methyl sites for hydroxylation is 1. The van der Waals surface area contributed by atoms with Crippen LogP contribution in [0.3, 0.4) is 0 Å². The average Bonchev–Trinajstić information content (AvgIpc) is 3.17. The van der Waals surface area contributed by atoms with Gasteiger partial charge in [0, 0.05) is 12.5 Å². The number of alkyl halides is 3. The first-order chi connectivity index (χ1) is 13.3. The van der Waals surface area contributed by atoms with Crippen LogP contribution in [0, 0.1) is 6.92 Å². The zero-order valence-electron chi connectivity index (χ0n) is 14.4. The molecule has 0 aliphatic heterocycles. The van der Waals surface area contributed by atoms with E-state index in [4.69, 9.17) is 8.83 Å². The van der Waals surface area contributed by atoms with E-state index >= 15 is 0 Å². The van der Waals surface area contributed by atoms with Crippen LogP contribution in [-0.2, 0) is 6.54 Å². The molecule has 0 aliphatic rings. The highest BCUT2D eigenvalue weighted by Crippen LogP contribution is 2.26. The molecule has 0 spiro atoms. The molecule has 3 heterocycles. The van der Waals surface area contributed by atoms with Gasteiger partial charge in [0.05, 0.1) is 17.9 Å². The Balaban J connectivity index is 1.69. The van der Waals surface area contributed by atoms with Crippen LogP contribution in [0.5, 0.6) is 5.75 Å². The number of fused-ring (bicyclic) bond motifs is 1. The zero-order valence-corrected chi connectivity index (χ0v) is 14.4. The number of hydrogen-bond donors (Lipinski definition) is 0. The van der Waals surface area contributed by atoms with Crippen molar-refractivity contribution in [3.05, 3.63) is 64.8 Å². The molecule has 10 heteroatoms. The first-order valence-corrected chi connectivity index (χ1v) is 8.06. The molecule has 0 atom stereocenters. The molecule has 28 heavy (non-hydrogen) atoms. The van der Waals surface area contributed by atoms with E-state index < -0.39 is 12.1 Å². The Morgan fingerprint density at radius 3 is 2.50 bits per heavy atom. The second-order valence-electron chi connectivity index (χ2n) is 5.90. The van der Waals surface area contributed by atoms with Crippen molar-refractivity contribution in [3.8, 4) is 17.0 Å². The lowest BCUT2D eigenvalue weighted by molar-refractivity contribution is -0.274. The first-order valence-electron chi connectivity index (χ1n) is 8.06. The number of ether oxygens (including phenoxy) is 1. The minimum atomic E-state index is -4.76. The van der Waals surface area contributed by atoms with E-state index in [1.54, 1.807) is 19.1 Å². The Morgan fingerprint density at radius 1 is 1.11 bits per heavy atom. The van der Waals surface area contributed by atoms with Crippen molar-refractivity contribution >= 4 is 11.2 Å². The number of benzene rings is 1. The lowest BCUT2D eigenvalue weighted by Gasteiger charge is -2.09. The summed E-state index contributed by atoms with van der Waals surface area (Å²) in [6.07, 6.45) is -3.32. The molecule has 0 amide bonds. The van der Waals surface area contributed by atoms with Gasteiger partial charge in [-0.3, -0.25) is 4.57 Å². The highest BCUT2D eigenvalue weighted by Gasteiger charge is 2.31. The molecule has 0 N–H and O–H groups in total. The van der Waals surface area contributed by atoms with Gasteiger partial charge in [0.15, 0.2) is 17.1 Å². The fourth-order valence-electron chi connectivity index (χ4n) is 2.71. The molecule has 7 nitrogen and oxygen atoms in total. The van der Waals surface area contributed by atoms with Crippen molar-refractivity contribution in [3.63, 3.8) is 0 Å². The normalized spacial score (nSPS) is 11.9. The summed E-state index contributed by atoms with van der Waals surface area (Å²) < 4.78 is 52.3. The Hall–Kier alpha value is -3.56. The quantitative estimate of drug-likeness (QED) is 0.525. The number of pyridine rings is 1. The molecular weight excluding hydrogens is 379 g/mol. The van der Waals surface area contributed by atoms with Crippen molar-refractivity contribution in [1.29, 1.82) is 0 Å². The van der Waals surface area contributed by atoms with Crippen LogP contribution in [-0.4, -0.2) is 20.9 Å². The monoisotopic (exact) mass is 391 g/mol. The van der Waals surface area contributed by atoms with E-state index in [0.717, 1.165) is 0 Å². The van der Waals surface area contributed by atoms with Gasteiger partial charge in [-0.25, -0.2) is 14.8 Å². The van der Waals surface area contributed by atoms with Crippen molar-refractivity contribution in [1.82, 2.24) is 14.5 Å². The average molecular weight is 391 g/mol. The van der Waals surface area contributed by atoms with Crippen LogP contribution in [0.4, 0.5) is 13.2 Å². The Bertz CT molecular complexity index is 1190. The van der Waals surface area contributed by atoms with E-state index in [2.05, 4.69) is 14.7 Å². The highest BCUT2D eigenvalue weighted by atomic mass is 19.4. The SMILES string of the molecule is Cc1nc(Cn2c(=O)oc3ccc(-c4ccc(OC(F)(F)F)cc4)nc32)co1. The second-order valence-corrected chi connectivity index (χ2v) is 5.90. The van der Waals surface area contributed by atoms with Gasteiger partial charge >= 0.3 is 12.1 Å². The first kappa shape index (κ1) is 17.8. The molecule has 0 unspecified atom stereocenters. The van der Waals surface area contributed by atoms with Gasteiger partial charge in [-0.05, 0) is 36.4 Å². The van der Waals surface area contributed by atoms with E-state index in [0.29, 0.717) is 28.5 Å². The van der Waals surface area contributed by atoms with Crippen LogP contribution in [0.1, 0.15) is 11.6 Å². The number of hydrogen-bond acceptors (Lipinski definition) is 6. The smallest absolute Gasteiger partial charge is 0.449 e. The topological polar surface area (TPSA) is 83.3 Å². The Morgan fingerprint density at radius 2 is 1.86 bits per heavy atom. The minimum Gasteiger partial charge on any atom is -0.449 e. The summed E-state index contributed by atoms with van der Waals surface area (Å²) in [5, 5.41) is 0. The number of nitrogens with zero attached hydrogens (tertiary/aromatic N) is 3. The van der Waals surface area contributed by atoms with Gasteiger partial charge in [0.25, 0.3) is 0 Å². The maximum Gasteiger partial charge on any atom is 0.573 e. The van der Waals surface area contributed by atoms with Crippen LogP contribution < -0.4 is 10.5 Å². The Kier molecular flexibility index (Phi) is 4.17. The number of oxazole rings is 2. The summed E-state index contributed by atoms with van der Waals surface area (Å²) in [6.45, 7) is 1.79. The van der Waals surface area contributed by atoms with Crippen molar-refractivity contribution in [2.24, 2.45) is 0 Å². The van der Waals surface area contributed by atoms with Crippen LogP contribution in [0.15, 0.2) is 56.3 Å². The fraction of sp³-hybridized carbons (Fsp3) is 0.167. The largest absolute Gasteiger partial charge is 0.573 e. The number of aromatic nitrogens is 3. The second kappa shape index (κ2) is 6.55. The molecular formula is C18H12F3N3O4. The van der Waals surface area contributed by atoms with E-state index in [9.17, 15) is 18.0 Å². The van der Waals surface area contributed by atoms with Crippen molar-refractivity contribution in [2.75, 3.05) is 0 Å². The number of rotatable bonds is 4. The summed E-state index contributed by atoms with van der Waals surface area (Å²) in [5.74, 6) is -0.473. The van der Waals surface area contributed by atoms with Crippen molar-refractivity contribution in [2.45, 2.75) is 19.8 Å². The van der Waals surface area contributed by atoms with Gasteiger partial charge < -0.3 is 13.6 Å². The third-order valence-corrected chi connectivity index (χ3v) is 3.88. The summed E-state index contributed by atoms with van der Waals surface area (Å²) >= 11 is 0. The predicted molar refractivity (Wildman–Crippen MR) is 90.7 cm³/mol. The summed E-state index contributed by atoms with van der Waals surface area (Å²) in [5.41, 5.74) is 2.11. The molecule has 4 rings (SSSR count). The molecule has 0 saturated carbocycles. The molecule has 0 aliphatic carbocycles. The van der Waals surface area contributed by atoms with Gasteiger partial charge in [-0.2, -0.15) is 0 Å². The molecule has 144 valence electrons. The standard InChI is InChI=1S/C18H12F3N3O4/c1-10-22-12(9-26-10)8-24-16-15(27-17(24)25)7-6-14(23-16)11-2-4-13(5-3-11)28-18(19,20)21/h2-7,9H,8H2,1H3. The summed E-state index contributed by atoms with van der Waals surface area (Å²) in [7, 11) is 0.